The molecule has 71 heavy (non-hydrogen) atoms. The van der Waals surface area contributed by atoms with Crippen molar-refractivity contribution < 1.29 is 28.6 Å². The maximum atomic E-state index is 12.8. The predicted octanol–water partition coefficient (Wildman–Crippen LogP) is 20.3. The maximum absolute atomic E-state index is 12.8. The summed E-state index contributed by atoms with van der Waals surface area (Å²) in [5, 5.41) is 0. The van der Waals surface area contributed by atoms with Crippen molar-refractivity contribution in [3.63, 3.8) is 0 Å². The Morgan fingerprint density at radius 1 is 0.282 bits per heavy atom. The summed E-state index contributed by atoms with van der Waals surface area (Å²) in [6.07, 6.45) is 77.2. The molecule has 0 amide bonds. The molecule has 0 rings (SSSR count). The first kappa shape index (κ1) is 67.6. The second-order valence-corrected chi connectivity index (χ2v) is 19.9. The fourth-order valence-corrected chi connectivity index (χ4v) is 8.28. The average molecular weight is 990 g/mol. The molecular formula is C65H112O6. The Kier molecular flexibility index (Phi) is 56.3. The van der Waals surface area contributed by atoms with Crippen molar-refractivity contribution in [1.29, 1.82) is 0 Å². The van der Waals surface area contributed by atoms with Crippen molar-refractivity contribution in [3.8, 4) is 0 Å². The third-order valence-corrected chi connectivity index (χ3v) is 12.8. The van der Waals surface area contributed by atoms with Crippen molar-refractivity contribution in [1.82, 2.24) is 0 Å². The molecule has 6 heteroatoms. The molecule has 0 aliphatic carbocycles. The Morgan fingerprint density at radius 2 is 0.521 bits per heavy atom. The first-order valence-corrected chi connectivity index (χ1v) is 30.1. The lowest BCUT2D eigenvalue weighted by molar-refractivity contribution is -0.167. The fraction of sp³-hybridized carbons (Fsp3) is 0.738. The highest BCUT2D eigenvalue weighted by atomic mass is 16.6. The van der Waals surface area contributed by atoms with E-state index in [4.69, 9.17) is 14.2 Å². The van der Waals surface area contributed by atoms with Crippen molar-refractivity contribution in [2.45, 2.75) is 297 Å². The quantitative estimate of drug-likeness (QED) is 0.0261. The molecular weight excluding hydrogens is 877 g/mol. The molecule has 0 aromatic heterocycles. The minimum Gasteiger partial charge on any atom is -0.462 e. The topological polar surface area (TPSA) is 78.9 Å². The zero-order valence-corrected chi connectivity index (χ0v) is 46.7. The molecule has 0 heterocycles. The Hall–Kier alpha value is -3.41. The summed E-state index contributed by atoms with van der Waals surface area (Å²) in [4.78, 5) is 38.2. The van der Waals surface area contributed by atoms with Gasteiger partial charge in [0.15, 0.2) is 6.10 Å². The SMILES string of the molecule is CCCCC/C=C\C/C=C\C/C=C\C/C=C\CCCC(=O)O[C@H](COC(=O)CCCCCCC/C=C\C/C=C\CCCCC)COC(=O)CCCCCCCCCCCCC/C=C\CCCCCCCC. The van der Waals surface area contributed by atoms with Crippen LogP contribution in [0, 0.1) is 0 Å². The fourth-order valence-electron chi connectivity index (χ4n) is 8.28. The number of carbonyl (C=O) groups is 3. The molecule has 0 bridgehead atoms. The predicted molar refractivity (Wildman–Crippen MR) is 307 cm³/mol. The third-order valence-electron chi connectivity index (χ3n) is 12.8. The van der Waals surface area contributed by atoms with Crippen molar-refractivity contribution in [3.05, 3.63) is 85.1 Å². The molecule has 0 unspecified atom stereocenters. The van der Waals surface area contributed by atoms with Crippen LogP contribution in [0.15, 0.2) is 85.1 Å². The monoisotopic (exact) mass is 989 g/mol. The highest BCUT2D eigenvalue weighted by Gasteiger charge is 2.19. The van der Waals surface area contributed by atoms with Crippen LogP contribution in [-0.2, 0) is 28.6 Å². The smallest absolute Gasteiger partial charge is 0.306 e. The van der Waals surface area contributed by atoms with E-state index in [1.807, 2.05) is 0 Å². The summed E-state index contributed by atoms with van der Waals surface area (Å²) in [6, 6.07) is 0. The molecule has 0 aliphatic rings. The van der Waals surface area contributed by atoms with Crippen LogP contribution >= 0.6 is 0 Å². The summed E-state index contributed by atoms with van der Waals surface area (Å²) in [5.41, 5.74) is 0. The molecule has 0 aromatic rings. The summed E-state index contributed by atoms with van der Waals surface area (Å²) in [5.74, 6) is -0.967. The van der Waals surface area contributed by atoms with Crippen LogP contribution in [0.1, 0.15) is 290 Å². The standard InChI is InChI=1S/C65H112O6/c1-4-7-10-13-16-19-22-25-28-30-31-32-33-35-37-40-43-46-49-52-55-58-64(67)70-61-62(60-69-63(66)57-54-51-48-45-42-39-36-27-24-21-18-15-12-9-6-3)71-65(68)59-56-53-50-47-44-41-38-34-29-26-23-20-17-14-11-8-5-2/h17-18,20-21,25-29,36,38,41,47,50,62H,4-16,19,22-24,30-35,37,39-40,42-46,48-49,51-61H2,1-3H3/b20-17-,21-18-,28-25-,29-26-,36-27-,41-38-,50-47-/t62-/m1/s1. The van der Waals surface area contributed by atoms with E-state index in [9.17, 15) is 14.4 Å². The molecule has 408 valence electrons. The molecule has 0 aromatic carbocycles. The number of ether oxygens (including phenoxy) is 3. The van der Waals surface area contributed by atoms with Gasteiger partial charge in [-0.2, -0.15) is 0 Å². The summed E-state index contributed by atoms with van der Waals surface area (Å²) < 4.78 is 16.8. The first-order chi connectivity index (χ1) is 35.0. The van der Waals surface area contributed by atoms with Crippen molar-refractivity contribution in [2.24, 2.45) is 0 Å². The first-order valence-electron chi connectivity index (χ1n) is 30.1. The second-order valence-electron chi connectivity index (χ2n) is 19.9. The van der Waals surface area contributed by atoms with E-state index >= 15 is 0 Å². The van der Waals surface area contributed by atoms with Crippen LogP contribution < -0.4 is 0 Å². The van der Waals surface area contributed by atoms with Gasteiger partial charge in [0, 0.05) is 19.3 Å². The Labute approximate surface area is 439 Å². The van der Waals surface area contributed by atoms with E-state index in [2.05, 4.69) is 106 Å². The summed E-state index contributed by atoms with van der Waals surface area (Å²) in [7, 11) is 0. The van der Waals surface area contributed by atoms with Gasteiger partial charge in [0.05, 0.1) is 0 Å². The molecule has 0 saturated heterocycles. The van der Waals surface area contributed by atoms with Crippen molar-refractivity contribution >= 4 is 17.9 Å². The van der Waals surface area contributed by atoms with Gasteiger partial charge >= 0.3 is 17.9 Å². The van der Waals surface area contributed by atoms with Gasteiger partial charge in [-0.1, -0.05) is 241 Å². The van der Waals surface area contributed by atoms with E-state index in [1.165, 1.54) is 154 Å². The van der Waals surface area contributed by atoms with E-state index in [0.29, 0.717) is 19.3 Å². The number of allylic oxidation sites excluding steroid dienone is 14. The molecule has 0 fully saturated rings. The number of rotatable bonds is 54. The van der Waals surface area contributed by atoms with E-state index in [0.717, 1.165) is 89.9 Å². The number of esters is 3. The summed E-state index contributed by atoms with van der Waals surface area (Å²) >= 11 is 0. The number of unbranched alkanes of at least 4 members (excludes halogenated alkanes) is 29. The average Bonchev–Trinajstić information content (AvgIpc) is 3.37. The number of carbonyl (C=O) groups excluding carboxylic acids is 3. The zero-order chi connectivity index (χ0) is 51.4. The van der Waals surface area contributed by atoms with Gasteiger partial charge in [-0.15, -0.1) is 0 Å². The second kappa shape index (κ2) is 59.2. The lowest BCUT2D eigenvalue weighted by atomic mass is 10.0. The highest BCUT2D eigenvalue weighted by molar-refractivity contribution is 5.71. The molecule has 6 nitrogen and oxygen atoms in total. The van der Waals surface area contributed by atoms with E-state index < -0.39 is 6.10 Å². The van der Waals surface area contributed by atoms with Crippen LogP contribution in [0.4, 0.5) is 0 Å². The van der Waals surface area contributed by atoms with E-state index in [-0.39, 0.29) is 37.5 Å². The van der Waals surface area contributed by atoms with Gasteiger partial charge in [-0.3, -0.25) is 14.4 Å². The molecule has 0 spiro atoms. The van der Waals surface area contributed by atoms with Crippen LogP contribution in [0.5, 0.6) is 0 Å². The van der Waals surface area contributed by atoms with Gasteiger partial charge in [0.2, 0.25) is 0 Å². The maximum Gasteiger partial charge on any atom is 0.306 e. The highest BCUT2D eigenvalue weighted by Crippen LogP contribution is 2.15. The van der Waals surface area contributed by atoms with Gasteiger partial charge in [0.1, 0.15) is 13.2 Å². The van der Waals surface area contributed by atoms with Crippen molar-refractivity contribution in [2.75, 3.05) is 13.2 Å². The van der Waals surface area contributed by atoms with Crippen LogP contribution in [-0.4, -0.2) is 37.2 Å². The number of hydrogen-bond acceptors (Lipinski definition) is 6. The Balaban J connectivity index is 4.44. The van der Waals surface area contributed by atoms with Crippen LogP contribution in [0.25, 0.3) is 0 Å². The van der Waals surface area contributed by atoms with E-state index in [1.54, 1.807) is 0 Å². The summed E-state index contributed by atoms with van der Waals surface area (Å²) in [6.45, 7) is 6.54. The minimum absolute atomic E-state index is 0.103. The molecule has 0 N–H and O–H groups in total. The number of hydrogen-bond donors (Lipinski definition) is 0. The molecule has 1 atom stereocenters. The zero-order valence-electron chi connectivity index (χ0n) is 46.7. The van der Waals surface area contributed by atoms with Crippen LogP contribution in [0.2, 0.25) is 0 Å². The molecule has 0 aliphatic heterocycles. The Morgan fingerprint density at radius 3 is 0.873 bits per heavy atom. The van der Waals surface area contributed by atoms with Gasteiger partial charge in [-0.25, -0.2) is 0 Å². The lowest BCUT2D eigenvalue weighted by Gasteiger charge is -2.18. The van der Waals surface area contributed by atoms with Gasteiger partial charge in [0.25, 0.3) is 0 Å². The van der Waals surface area contributed by atoms with Gasteiger partial charge < -0.3 is 14.2 Å². The lowest BCUT2D eigenvalue weighted by Crippen LogP contribution is -2.30. The third kappa shape index (κ3) is 57.4. The normalized spacial score (nSPS) is 12.7. The molecule has 0 radical (unpaired) electrons. The Bertz CT molecular complexity index is 1370. The van der Waals surface area contributed by atoms with Crippen LogP contribution in [0.3, 0.4) is 0 Å². The van der Waals surface area contributed by atoms with Gasteiger partial charge in [-0.05, 0) is 116 Å². The largest absolute Gasteiger partial charge is 0.462 e. The minimum atomic E-state index is -0.812. The molecule has 0 saturated carbocycles.